The Hall–Kier alpha value is -0.310. The molecule has 2 atom stereocenters. The van der Waals surface area contributed by atoms with Crippen molar-refractivity contribution >= 4 is 10.8 Å². The minimum Gasteiger partial charge on any atom is -0.501 e. The maximum absolute atomic E-state index is 11.7. The molecule has 1 saturated carbocycles. The maximum atomic E-state index is 11.7. The third-order valence-electron chi connectivity index (χ3n) is 3.78. The van der Waals surface area contributed by atoms with Crippen molar-refractivity contribution in [2.45, 2.75) is 63.0 Å². The Morgan fingerprint density at radius 1 is 1.24 bits per heavy atom. The van der Waals surface area contributed by atoms with Gasteiger partial charge in [-0.25, -0.2) is 0 Å². The smallest absolute Gasteiger partial charge is 0.0873 e. The Labute approximate surface area is 107 Å². The summed E-state index contributed by atoms with van der Waals surface area (Å²) >= 11 is 0. The molecule has 2 nitrogen and oxygen atoms in total. The molecule has 3 heteroatoms. The average molecular weight is 256 g/mol. The summed E-state index contributed by atoms with van der Waals surface area (Å²) in [5.41, 5.74) is 1.48. The fourth-order valence-corrected chi connectivity index (χ4v) is 4.39. The van der Waals surface area contributed by atoms with Gasteiger partial charge in [0.1, 0.15) is 0 Å². The summed E-state index contributed by atoms with van der Waals surface area (Å²) in [4.78, 5) is 0. The van der Waals surface area contributed by atoms with Gasteiger partial charge in [0.05, 0.1) is 12.9 Å². The summed E-state index contributed by atoms with van der Waals surface area (Å²) in [5.74, 6) is 0.926. The molecule has 0 radical (unpaired) electrons. The Balaban J connectivity index is 1.56. The first-order valence-corrected chi connectivity index (χ1v) is 8.41. The summed E-state index contributed by atoms with van der Waals surface area (Å²) < 4.78 is 17.3. The van der Waals surface area contributed by atoms with E-state index in [9.17, 15) is 4.21 Å². The Morgan fingerprint density at radius 3 is 2.82 bits per heavy atom. The molecular formula is C14H24O2S. The number of hydrogen-bond acceptors (Lipinski definition) is 2. The van der Waals surface area contributed by atoms with Gasteiger partial charge in [-0.3, -0.25) is 4.21 Å². The number of allylic oxidation sites excluding steroid dienone is 1. The fraction of sp³-hybridized carbons (Fsp3) is 0.857. The zero-order chi connectivity index (χ0) is 11.9. The van der Waals surface area contributed by atoms with E-state index in [1.54, 1.807) is 0 Å². The van der Waals surface area contributed by atoms with Gasteiger partial charge < -0.3 is 4.74 Å². The molecule has 0 aromatic heterocycles. The Kier molecular flexibility index (Phi) is 5.56. The molecule has 1 aliphatic carbocycles. The van der Waals surface area contributed by atoms with Gasteiger partial charge in [0.15, 0.2) is 0 Å². The quantitative estimate of drug-likeness (QED) is 0.555. The number of hydrogen-bond donors (Lipinski definition) is 0. The van der Waals surface area contributed by atoms with Crippen molar-refractivity contribution in [2.24, 2.45) is 0 Å². The van der Waals surface area contributed by atoms with E-state index in [4.69, 9.17) is 4.74 Å². The van der Waals surface area contributed by atoms with Gasteiger partial charge in [-0.2, -0.15) is 0 Å². The van der Waals surface area contributed by atoms with Crippen LogP contribution in [0.15, 0.2) is 11.8 Å². The summed E-state index contributed by atoms with van der Waals surface area (Å²) in [6.07, 6.45) is 12.8. The van der Waals surface area contributed by atoms with Crippen LogP contribution >= 0.6 is 0 Å². The number of rotatable bonds is 5. The molecule has 0 spiro atoms. The van der Waals surface area contributed by atoms with E-state index in [-0.39, 0.29) is 0 Å². The predicted octanol–water partition coefficient (Wildman–Crippen LogP) is 3.54. The molecule has 2 fully saturated rings. The van der Waals surface area contributed by atoms with Crippen LogP contribution in [0, 0.1) is 0 Å². The zero-order valence-electron chi connectivity index (χ0n) is 10.7. The second-order valence-electron chi connectivity index (χ2n) is 5.20. The van der Waals surface area contributed by atoms with Gasteiger partial charge in [-0.1, -0.05) is 6.42 Å². The third kappa shape index (κ3) is 4.46. The highest BCUT2D eigenvalue weighted by Gasteiger charge is 2.19. The van der Waals surface area contributed by atoms with Crippen molar-refractivity contribution in [1.29, 1.82) is 0 Å². The van der Waals surface area contributed by atoms with Crippen LogP contribution in [0.2, 0.25) is 0 Å². The molecule has 1 heterocycles. The highest BCUT2D eigenvalue weighted by Crippen LogP contribution is 2.24. The van der Waals surface area contributed by atoms with E-state index in [2.05, 4.69) is 0 Å². The molecular weight excluding hydrogens is 232 g/mol. The minimum atomic E-state index is -0.556. The standard InChI is InChI=1S/C14H24O2S/c15-17-11-4-3-8-14(17)9-5-10-16-12-13-6-1-2-7-13/h12,14H,1-11H2. The first-order chi connectivity index (χ1) is 8.36. The summed E-state index contributed by atoms with van der Waals surface area (Å²) in [7, 11) is -0.556. The predicted molar refractivity (Wildman–Crippen MR) is 72.4 cm³/mol. The highest BCUT2D eigenvalue weighted by atomic mass is 32.2. The summed E-state index contributed by atoms with van der Waals surface area (Å²) in [5, 5.41) is 0.450. The second-order valence-corrected chi connectivity index (χ2v) is 7.04. The molecule has 98 valence electrons. The van der Waals surface area contributed by atoms with Gasteiger partial charge in [0.2, 0.25) is 0 Å². The van der Waals surface area contributed by atoms with Gasteiger partial charge in [0, 0.05) is 21.8 Å². The third-order valence-corrected chi connectivity index (χ3v) is 5.68. The van der Waals surface area contributed by atoms with Crippen LogP contribution in [0.1, 0.15) is 57.8 Å². The van der Waals surface area contributed by atoms with Crippen molar-refractivity contribution in [3.8, 4) is 0 Å². The van der Waals surface area contributed by atoms with Gasteiger partial charge in [-0.15, -0.1) is 0 Å². The van der Waals surface area contributed by atoms with Gasteiger partial charge in [-0.05, 0) is 56.9 Å². The van der Waals surface area contributed by atoms with E-state index in [0.29, 0.717) is 5.25 Å². The Bertz CT molecular complexity index is 278. The van der Waals surface area contributed by atoms with Crippen LogP contribution in [0.25, 0.3) is 0 Å². The van der Waals surface area contributed by atoms with Crippen LogP contribution in [0.3, 0.4) is 0 Å². The zero-order valence-corrected chi connectivity index (χ0v) is 11.5. The number of ether oxygens (including phenoxy) is 1. The molecule has 0 bridgehead atoms. The van der Waals surface area contributed by atoms with Gasteiger partial charge in [0.25, 0.3) is 0 Å². The summed E-state index contributed by atoms with van der Waals surface area (Å²) in [6.45, 7) is 0.803. The lowest BCUT2D eigenvalue weighted by molar-refractivity contribution is 0.237. The lowest BCUT2D eigenvalue weighted by Crippen LogP contribution is -2.22. The lowest BCUT2D eigenvalue weighted by Gasteiger charge is -2.20. The normalized spacial score (nSPS) is 29.3. The van der Waals surface area contributed by atoms with Crippen LogP contribution in [0.4, 0.5) is 0 Å². The van der Waals surface area contributed by atoms with Crippen molar-refractivity contribution in [3.05, 3.63) is 11.8 Å². The molecule has 0 aromatic rings. The van der Waals surface area contributed by atoms with E-state index in [1.165, 1.54) is 37.7 Å². The van der Waals surface area contributed by atoms with Crippen molar-refractivity contribution in [3.63, 3.8) is 0 Å². The Morgan fingerprint density at radius 2 is 2.06 bits per heavy atom. The van der Waals surface area contributed by atoms with Crippen LogP contribution in [-0.2, 0) is 15.5 Å². The topological polar surface area (TPSA) is 26.3 Å². The van der Waals surface area contributed by atoms with Gasteiger partial charge >= 0.3 is 0 Å². The van der Waals surface area contributed by atoms with Crippen molar-refractivity contribution in [1.82, 2.24) is 0 Å². The molecule has 0 aromatic carbocycles. The molecule has 1 aliphatic heterocycles. The lowest BCUT2D eigenvalue weighted by atomic mass is 10.1. The largest absolute Gasteiger partial charge is 0.501 e. The average Bonchev–Trinajstić information content (AvgIpc) is 2.84. The monoisotopic (exact) mass is 256 g/mol. The van der Waals surface area contributed by atoms with E-state index >= 15 is 0 Å². The SMILES string of the molecule is O=S1CCCCC1CCCOC=C1CCCC1. The van der Waals surface area contributed by atoms with Crippen LogP contribution in [0.5, 0.6) is 0 Å². The maximum Gasteiger partial charge on any atom is 0.0873 e. The van der Waals surface area contributed by atoms with E-state index in [1.807, 2.05) is 6.26 Å². The van der Waals surface area contributed by atoms with Crippen LogP contribution < -0.4 is 0 Å². The highest BCUT2D eigenvalue weighted by molar-refractivity contribution is 7.85. The molecule has 17 heavy (non-hydrogen) atoms. The molecule has 2 rings (SSSR count). The minimum absolute atomic E-state index is 0.450. The fourth-order valence-electron chi connectivity index (χ4n) is 2.71. The molecule has 1 saturated heterocycles. The molecule has 2 aliphatic rings. The second kappa shape index (κ2) is 7.20. The molecule has 0 N–H and O–H groups in total. The van der Waals surface area contributed by atoms with Crippen LogP contribution in [-0.4, -0.2) is 21.8 Å². The first-order valence-electron chi connectivity index (χ1n) is 7.03. The molecule has 2 unspecified atom stereocenters. The van der Waals surface area contributed by atoms with Crippen molar-refractivity contribution < 1.29 is 8.95 Å². The molecule has 0 amide bonds. The van der Waals surface area contributed by atoms with E-state index in [0.717, 1.165) is 38.0 Å². The first kappa shape index (κ1) is 13.1. The van der Waals surface area contributed by atoms with Crippen molar-refractivity contribution in [2.75, 3.05) is 12.4 Å². The summed E-state index contributed by atoms with van der Waals surface area (Å²) in [6, 6.07) is 0. The van der Waals surface area contributed by atoms with E-state index < -0.39 is 10.8 Å².